The summed E-state index contributed by atoms with van der Waals surface area (Å²) in [5, 5.41) is 16.2. The number of benzene rings is 1. The molecule has 2 atom stereocenters. The maximum atomic E-state index is 12.6. The van der Waals surface area contributed by atoms with E-state index in [9.17, 15) is 14.7 Å². The second-order valence-electron chi connectivity index (χ2n) is 6.67. The first-order valence-electron chi connectivity index (χ1n) is 8.98. The molecule has 0 saturated carbocycles. The van der Waals surface area contributed by atoms with Crippen LogP contribution in [0, 0.1) is 0 Å². The number of alkyl halides is 2. The summed E-state index contributed by atoms with van der Waals surface area (Å²) in [5.74, 6) is 0.376. The van der Waals surface area contributed by atoms with Crippen molar-refractivity contribution in [2.45, 2.75) is 49.6 Å². The number of aromatic nitrogens is 1. The van der Waals surface area contributed by atoms with E-state index in [0.717, 1.165) is 16.3 Å². The SMILES string of the molecule is CC(C)c1nc(CI(C)C(=O)N[C@@H](CC=O)C(O)OCc2ccccc2)cs1. The molecule has 0 bridgehead atoms. The van der Waals surface area contributed by atoms with Crippen molar-refractivity contribution in [3.05, 3.63) is 52.0 Å². The van der Waals surface area contributed by atoms with Crippen molar-refractivity contribution in [3.63, 3.8) is 0 Å². The van der Waals surface area contributed by atoms with Gasteiger partial charge in [0.05, 0.1) is 0 Å². The van der Waals surface area contributed by atoms with E-state index < -0.39 is 32.2 Å². The van der Waals surface area contributed by atoms with E-state index in [4.69, 9.17) is 4.74 Å². The number of carbonyl (C=O) groups is 2. The number of rotatable bonds is 11. The Kier molecular flexibility index (Phi) is 9.49. The van der Waals surface area contributed by atoms with Crippen molar-refractivity contribution < 1.29 is 19.4 Å². The van der Waals surface area contributed by atoms with Gasteiger partial charge in [-0.25, -0.2) is 0 Å². The predicted molar refractivity (Wildman–Crippen MR) is 120 cm³/mol. The zero-order valence-corrected chi connectivity index (χ0v) is 19.3. The molecule has 28 heavy (non-hydrogen) atoms. The van der Waals surface area contributed by atoms with E-state index >= 15 is 0 Å². The molecule has 2 rings (SSSR count). The van der Waals surface area contributed by atoms with Gasteiger partial charge in [-0.15, -0.1) is 0 Å². The van der Waals surface area contributed by atoms with Crippen molar-refractivity contribution in [1.29, 1.82) is 0 Å². The van der Waals surface area contributed by atoms with Gasteiger partial charge < -0.3 is 0 Å². The molecular formula is C20H27IN2O4S. The number of halogens is 1. The van der Waals surface area contributed by atoms with Crippen molar-refractivity contribution >= 4 is 41.4 Å². The fourth-order valence-electron chi connectivity index (χ4n) is 2.38. The number of hydrogen-bond acceptors (Lipinski definition) is 6. The molecule has 1 heterocycles. The quantitative estimate of drug-likeness (QED) is 0.117. The molecule has 8 heteroatoms. The number of aliphatic hydroxyl groups excluding tert-OH is 1. The Balaban J connectivity index is 1.89. The Morgan fingerprint density at radius 1 is 1.36 bits per heavy atom. The molecule has 1 aromatic carbocycles. The Hall–Kier alpha value is -1.36. The monoisotopic (exact) mass is 518 g/mol. The Labute approximate surface area is 177 Å². The molecular weight excluding hydrogens is 491 g/mol. The van der Waals surface area contributed by atoms with Gasteiger partial charge in [-0.05, 0) is 0 Å². The van der Waals surface area contributed by atoms with Crippen LogP contribution < -0.4 is 5.32 Å². The molecule has 0 fully saturated rings. The van der Waals surface area contributed by atoms with Crippen LogP contribution in [0.5, 0.6) is 0 Å². The van der Waals surface area contributed by atoms with Crippen LogP contribution in [0.3, 0.4) is 0 Å². The van der Waals surface area contributed by atoms with Gasteiger partial charge in [0.25, 0.3) is 0 Å². The zero-order valence-electron chi connectivity index (χ0n) is 16.3. The van der Waals surface area contributed by atoms with Gasteiger partial charge in [0.15, 0.2) is 0 Å². The number of ether oxygens (including phenoxy) is 1. The first-order valence-corrected chi connectivity index (χ1v) is 14.6. The van der Waals surface area contributed by atoms with Crippen molar-refractivity contribution in [2.24, 2.45) is 0 Å². The Bertz CT molecular complexity index is 754. The summed E-state index contributed by atoms with van der Waals surface area (Å²) in [6, 6.07) is 8.67. The Morgan fingerprint density at radius 3 is 2.68 bits per heavy atom. The number of nitrogens with zero attached hydrogens (tertiary/aromatic N) is 1. The van der Waals surface area contributed by atoms with Gasteiger partial charge in [-0.3, -0.25) is 0 Å². The molecule has 154 valence electrons. The van der Waals surface area contributed by atoms with E-state index in [0.29, 0.717) is 16.6 Å². The summed E-state index contributed by atoms with van der Waals surface area (Å²) in [4.78, 5) is 30.1. The third-order valence-electron chi connectivity index (χ3n) is 3.95. The first-order chi connectivity index (χ1) is 13.4. The topological polar surface area (TPSA) is 88.5 Å². The van der Waals surface area contributed by atoms with Crippen molar-refractivity contribution in [2.75, 3.05) is 4.93 Å². The minimum atomic E-state index is -2.02. The molecule has 1 aromatic heterocycles. The molecule has 0 aliphatic heterocycles. The minimum absolute atomic E-state index is 0.000117. The van der Waals surface area contributed by atoms with E-state index in [1.807, 2.05) is 40.6 Å². The van der Waals surface area contributed by atoms with Crippen LogP contribution in [0.25, 0.3) is 0 Å². The molecule has 1 amide bonds. The standard InChI is InChI=1S/C20H27IN2O4S/c1-14(2)18-22-16(13-28-18)11-21(3)20(26)23-17(9-10-24)19(25)27-12-15-7-5-4-6-8-15/h4-8,10,13-14,17,19,25H,9,11-12H2,1-3H3,(H,23,26)/t17-,19?/m0/s1. The summed E-state index contributed by atoms with van der Waals surface area (Å²) in [5.41, 5.74) is 1.86. The summed E-state index contributed by atoms with van der Waals surface area (Å²) < 4.78 is 6.03. The number of thiazole rings is 1. The van der Waals surface area contributed by atoms with Gasteiger partial charge in [-0.1, -0.05) is 0 Å². The van der Waals surface area contributed by atoms with Crippen LogP contribution in [-0.4, -0.2) is 37.6 Å². The molecule has 0 aliphatic rings. The Morgan fingerprint density at radius 2 is 2.07 bits per heavy atom. The van der Waals surface area contributed by atoms with Crippen LogP contribution in [0.2, 0.25) is 0 Å². The zero-order chi connectivity index (χ0) is 20.5. The number of carbonyl (C=O) groups excluding carboxylic acids is 2. The third kappa shape index (κ3) is 7.23. The number of hydrogen-bond donors (Lipinski definition) is 2. The fourth-order valence-corrected chi connectivity index (χ4v) is 6.35. The molecule has 0 aliphatic carbocycles. The second-order valence-corrected chi connectivity index (χ2v) is 12.7. The summed E-state index contributed by atoms with van der Waals surface area (Å²) >= 11 is -0.404. The number of aliphatic hydroxyl groups is 1. The van der Waals surface area contributed by atoms with E-state index in [2.05, 4.69) is 24.1 Å². The normalized spacial score (nSPS) is 13.8. The van der Waals surface area contributed by atoms with Crippen molar-refractivity contribution in [1.82, 2.24) is 10.3 Å². The summed E-state index contributed by atoms with van der Waals surface area (Å²) in [6.07, 6.45) is -0.561. The molecule has 2 aromatic rings. The molecule has 0 radical (unpaired) electrons. The van der Waals surface area contributed by atoms with E-state index in [-0.39, 0.29) is 16.9 Å². The maximum absolute atomic E-state index is 12.6. The van der Waals surface area contributed by atoms with E-state index in [1.54, 1.807) is 11.3 Å². The average molecular weight is 518 g/mol. The first kappa shape index (κ1) is 22.9. The van der Waals surface area contributed by atoms with Crippen LogP contribution in [0.15, 0.2) is 35.7 Å². The van der Waals surface area contributed by atoms with Crippen LogP contribution in [0.1, 0.15) is 42.5 Å². The van der Waals surface area contributed by atoms with Gasteiger partial charge in [-0.2, -0.15) is 0 Å². The van der Waals surface area contributed by atoms with Crippen LogP contribution in [-0.2, 0) is 20.6 Å². The molecule has 2 N–H and O–H groups in total. The van der Waals surface area contributed by atoms with Gasteiger partial charge in [0.1, 0.15) is 0 Å². The fraction of sp³-hybridized carbons (Fsp3) is 0.450. The number of nitrogens with one attached hydrogen (secondary N) is 1. The van der Waals surface area contributed by atoms with Crippen molar-refractivity contribution in [3.8, 4) is 0 Å². The second kappa shape index (κ2) is 11.6. The summed E-state index contributed by atoms with van der Waals surface area (Å²) in [6.45, 7) is 4.40. The molecule has 0 saturated heterocycles. The molecule has 6 nitrogen and oxygen atoms in total. The molecule has 1 unspecified atom stereocenters. The van der Waals surface area contributed by atoms with Gasteiger partial charge >= 0.3 is 178 Å². The van der Waals surface area contributed by atoms with Gasteiger partial charge in [0.2, 0.25) is 0 Å². The van der Waals surface area contributed by atoms with Crippen LogP contribution >= 0.6 is 31.2 Å². The van der Waals surface area contributed by atoms with Crippen LogP contribution in [0.4, 0.5) is 4.79 Å². The molecule has 0 spiro atoms. The third-order valence-corrected chi connectivity index (χ3v) is 9.05. The number of aldehydes is 1. The summed E-state index contributed by atoms with van der Waals surface area (Å²) in [7, 11) is 0. The predicted octanol–water partition coefficient (Wildman–Crippen LogP) is 4.11. The number of amides is 1. The van der Waals surface area contributed by atoms with E-state index in [1.165, 1.54) is 0 Å². The van der Waals surface area contributed by atoms with Gasteiger partial charge in [0, 0.05) is 0 Å². The average Bonchev–Trinajstić information content (AvgIpc) is 3.15.